The molecule has 0 bridgehead atoms. The van der Waals surface area contributed by atoms with Crippen molar-refractivity contribution < 1.29 is 0 Å². The first-order valence-electron chi connectivity index (χ1n) is 11.3. The number of nitrogens with zero attached hydrogens (tertiary/aromatic N) is 3. The molecule has 1 aromatic carbocycles. The van der Waals surface area contributed by atoms with Crippen LogP contribution in [0.4, 0.5) is 0 Å². The van der Waals surface area contributed by atoms with Gasteiger partial charge in [0.25, 0.3) is 0 Å². The van der Waals surface area contributed by atoms with Gasteiger partial charge in [0, 0.05) is 31.9 Å². The normalized spacial score (nSPS) is 15.5. The molecule has 0 saturated carbocycles. The van der Waals surface area contributed by atoms with E-state index in [4.69, 9.17) is 0 Å². The van der Waals surface area contributed by atoms with E-state index in [1.165, 1.54) is 57.3 Å². The van der Waals surface area contributed by atoms with Crippen molar-refractivity contribution in [2.75, 3.05) is 39.8 Å². The lowest BCUT2D eigenvalue weighted by molar-refractivity contribution is 0.181. The summed E-state index contributed by atoms with van der Waals surface area (Å²) in [7, 11) is 1.84. The fourth-order valence-corrected chi connectivity index (χ4v) is 4.73. The maximum Gasteiger partial charge on any atom is 0.190 e. The summed E-state index contributed by atoms with van der Waals surface area (Å²) in [6, 6.07) is 11.0. The molecular weight excluding hydrogens is 517 g/mol. The molecule has 1 aromatic heterocycles. The molecule has 0 amide bonds. The van der Waals surface area contributed by atoms with Gasteiger partial charge in [-0.25, -0.2) is 4.98 Å². The predicted octanol–water partition coefficient (Wildman–Crippen LogP) is 4.51. The third-order valence-corrected chi connectivity index (χ3v) is 6.65. The SMILES string of the molecule is CN=C(NCCCCN1CCC(Cc2ccccc2)CC1)NCCc1csc(C)n1.I. The van der Waals surface area contributed by atoms with E-state index in [-0.39, 0.29) is 24.0 Å². The van der Waals surface area contributed by atoms with E-state index < -0.39 is 0 Å². The van der Waals surface area contributed by atoms with E-state index >= 15 is 0 Å². The minimum absolute atomic E-state index is 0. The van der Waals surface area contributed by atoms with E-state index in [1.54, 1.807) is 11.3 Å². The summed E-state index contributed by atoms with van der Waals surface area (Å²) in [4.78, 5) is 11.5. The van der Waals surface area contributed by atoms with Crippen LogP contribution in [0.5, 0.6) is 0 Å². The molecule has 1 saturated heterocycles. The fourth-order valence-electron chi connectivity index (χ4n) is 4.08. The minimum atomic E-state index is 0. The number of piperidine rings is 1. The number of aromatic nitrogens is 1. The summed E-state index contributed by atoms with van der Waals surface area (Å²) in [5.41, 5.74) is 2.65. The van der Waals surface area contributed by atoms with E-state index in [1.807, 2.05) is 7.05 Å². The number of halogens is 1. The quantitative estimate of drug-likeness (QED) is 0.196. The number of hydrogen-bond donors (Lipinski definition) is 2. The largest absolute Gasteiger partial charge is 0.356 e. The monoisotopic (exact) mass is 555 g/mol. The smallest absolute Gasteiger partial charge is 0.190 e. The lowest BCUT2D eigenvalue weighted by atomic mass is 9.90. The lowest BCUT2D eigenvalue weighted by Crippen LogP contribution is -2.39. The zero-order valence-corrected chi connectivity index (χ0v) is 22.1. The highest BCUT2D eigenvalue weighted by Gasteiger charge is 2.18. The fraction of sp³-hybridized carbons (Fsp3) is 0.583. The number of nitrogens with one attached hydrogen (secondary N) is 2. The number of aryl methyl sites for hydroxylation is 1. The Morgan fingerprint density at radius 3 is 2.55 bits per heavy atom. The number of likely N-dealkylation sites (tertiary alicyclic amines) is 1. The van der Waals surface area contributed by atoms with Gasteiger partial charge in [0.1, 0.15) is 0 Å². The summed E-state index contributed by atoms with van der Waals surface area (Å²) in [5, 5.41) is 10.1. The Balaban J connectivity index is 0.00000341. The Morgan fingerprint density at radius 2 is 1.87 bits per heavy atom. The standard InChI is InChI=1S/C24H37N5S.HI/c1-20-28-23(19-30-20)10-14-27-24(25-2)26-13-6-7-15-29-16-11-22(12-17-29)18-21-8-4-3-5-9-21;/h3-5,8-9,19,22H,6-7,10-18H2,1-2H3,(H2,25,26,27);1H. The maximum atomic E-state index is 4.50. The Labute approximate surface area is 209 Å². The van der Waals surface area contributed by atoms with Crippen molar-refractivity contribution in [3.8, 4) is 0 Å². The van der Waals surface area contributed by atoms with Gasteiger partial charge in [0.2, 0.25) is 0 Å². The third kappa shape index (κ3) is 9.87. The van der Waals surface area contributed by atoms with Crippen LogP contribution < -0.4 is 10.6 Å². The Bertz CT molecular complexity index is 756. The number of aliphatic imine (C=N–C) groups is 1. The Kier molecular flexibility index (Phi) is 12.4. The molecule has 0 spiro atoms. The molecule has 0 aliphatic carbocycles. The van der Waals surface area contributed by atoms with Gasteiger partial charge in [-0.05, 0) is 70.1 Å². The van der Waals surface area contributed by atoms with Gasteiger partial charge >= 0.3 is 0 Å². The van der Waals surface area contributed by atoms with Gasteiger partial charge in [0.15, 0.2) is 5.96 Å². The van der Waals surface area contributed by atoms with E-state index in [0.29, 0.717) is 0 Å². The third-order valence-electron chi connectivity index (χ3n) is 5.83. The van der Waals surface area contributed by atoms with Crippen molar-refractivity contribution in [2.45, 2.75) is 45.4 Å². The zero-order valence-electron chi connectivity index (χ0n) is 19.0. The van der Waals surface area contributed by atoms with E-state index in [9.17, 15) is 0 Å². The van der Waals surface area contributed by atoms with Crippen LogP contribution in [0.3, 0.4) is 0 Å². The van der Waals surface area contributed by atoms with Crippen molar-refractivity contribution in [1.29, 1.82) is 0 Å². The van der Waals surface area contributed by atoms with Crippen molar-refractivity contribution in [1.82, 2.24) is 20.5 Å². The van der Waals surface area contributed by atoms with Crippen LogP contribution >= 0.6 is 35.3 Å². The molecule has 2 N–H and O–H groups in total. The first-order chi connectivity index (χ1) is 14.7. The molecule has 7 heteroatoms. The molecule has 1 fully saturated rings. The summed E-state index contributed by atoms with van der Waals surface area (Å²) in [6.07, 6.45) is 7.27. The summed E-state index contributed by atoms with van der Waals surface area (Å²) >= 11 is 1.71. The van der Waals surface area contributed by atoms with Gasteiger partial charge in [-0.2, -0.15) is 0 Å². The molecule has 0 atom stereocenters. The second kappa shape index (κ2) is 14.8. The molecule has 5 nitrogen and oxygen atoms in total. The molecule has 1 aliphatic heterocycles. The van der Waals surface area contributed by atoms with E-state index in [2.05, 4.69) is 68.1 Å². The number of benzene rings is 1. The van der Waals surface area contributed by atoms with Gasteiger partial charge in [-0.15, -0.1) is 35.3 Å². The molecule has 0 radical (unpaired) electrons. The number of unbranched alkanes of at least 4 members (excludes halogenated alkanes) is 1. The summed E-state index contributed by atoms with van der Waals surface area (Å²) in [5.74, 6) is 1.75. The predicted molar refractivity (Wildman–Crippen MR) is 144 cm³/mol. The molecule has 2 heterocycles. The van der Waals surface area contributed by atoms with Crippen molar-refractivity contribution >= 4 is 41.3 Å². The van der Waals surface area contributed by atoms with Gasteiger partial charge < -0.3 is 15.5 Å². The molecule has 31 heavy (non-hydrogen) atoms. The first kappa shape index (κ1) is 26.1. The van der Waals surface area contributed by atoms with Crippen molar-refractivity contribution in [3.63, 3.8) is 0 Å². The van der Waals surface area contributed by atoms with Crippen molar-refractivity contribution in [2.24, 2.45) is 10.9 Å². The topological polar surface area (TPSA) is 52.6 Å². The molecular formula is C24H38IN5S. The number of rotatable bonds is 10. The molecule has 172 valence electrons. The number of guanidine groups is 1. The van der Waals surface area contributed by atoms with Crippen LogP contribution in [-0.4, -0.2) is 55.6 Å². The van der Waals surface area contributed by atoms with Crippen LogP contribution in [0.1, 0.15) is 41.9 Å². The molecule has 1 aliphatic rings. The number of hydrogen-bond acceptors (Lipinski definition) is 4. The second-order valence-electron chi connectivity index (χ2n) is 8.22. The minimum Gasteiger partial charge on any atom is -0.356 e. The highest BCUT2D eigenvalue weighted by Crippen LogP contribution is 2.21. The van der Waals surface area contributed by atoms with Crippen LogP contribution in [0, 0.1) is 12.8 Å². The summed E-state index contributed by atoms with van der Waals surface area (Å²) in [6.45, 7) is 7.61. The van der Waals surface area contributed by atoms with Crippen LogP contribution in [0.15, 0.2) is 40.7 Å². The second-order valence-corrected chi connectivity index (χ2v) is 9.28. The highest BCUT2D eigenvalue weighted by molar-refractivity contribution is 14.0. The van der Waals surface area contributed by atoms with Gasteiger partial charge in [-0.1, -0.05) is 30.3 Å². The van der Waals surface area contributed by atoms with Crippen LogP contribution in [-0.2, 0) is 12.8 Å². The average Bonchev–Trinajstić information content (AvgIpc) is 3.19. The molecule has 3 rings (SSSR count). The Morgan fingerprint density at radius 1 is 1.13 bits per heavy atom. The summed E-state index contributed by atoms with van der Waals surface area (Å²) < 4.78 is 0. The molecule has 0 unspecified atom stereocenters. The van der Waals surface area contributed by atoms with Crippen LogP contribution in [0.25, 0.3) is 0 Å². The molecule has 2 aromatic rings. The highest BCUT2D eigenvalue weighted by atomic mass is 127. The first-order valence-corrected chi connectivity index (χ1v) is 12.2. The Hall–Kier alpha value is -1.19. The van der Waals surface area contributed by atoms with E-state index in [0.717, 1.165) is 42.1 Å². The van der Waals surface area contributed by atoms with Crippen LogP contribution in [0.2, 0.25) is 0 Å². The average molecular weight is 556 g/mol. The van der Waals surface area contributed by atoms with Gasteiger partial charge in [0.05, 0.1) is 10.7 Å². The van der Waals surface area contributed by atoms with Gasteiger partial charge in [-0.3, -0.25) is 4.99 Å². The lowest BCUT2D eigenvalue weighted by Gasteiger charge is -2.32. The maximum absolute atomic E-state index is 4.50. The van der Waals surface area contributed by atoms with Crippen molar-refractivity contribution in [3.05, 3.63) is 52.0 Å². The number of thiazole rings is 1. The zero-order chi connectivity index (χ0) is 21.0.